The van der Waals surface area contributed by atoms with Crippen molar-refractivity contribution in [3.63, 3.8) is 0 Å². The minimum Gasteiger partial charge on any atom is -0.384 e. The van der Waals surface area contributed by atoms with Gasteiger partial charge in [0.15, 0.2) is 5.12 Å². The number of thioether (sulfide) groups is 1. The van der Waals surface area contributed by atoms with E-state index in [0.717, 1.165) is 5.69 Å². The predicted molar refractivity (Wildman–Crippen MR) is 67.7 cm³/mol. The number of carbonyl (C=O) groups excluding carboxylic acids is 2. The molecular formula is C11H13N3O2S. The summed E-state index contributed by atoms with van der Waals surface area (Å²) in [6, 6.07) is 3.43. The van der Waals surface area contributed by atoms with Crippen LogP contribution in [0.3, 0.4) is 0 Å². The molecule has 6 heteroatoms. The van der Waals surface area contributed by atoms with Crippen molar-refractivity contribution in [1.82, 2.24) is 4.98 Å². The number of nitrogen functional groups attached to an aromatic ring is 1. The van der Waals surface area contributed by atoms with Gasteiger partial charge >= 0.3 is 0 Å². The quantitative estimate of drug-likeness (QED) is 0.850. The van der Waals surface area contributed by atoms with E-state index < -0.39 is 0 Å². The molecule has 2 heterocycles. The van der Waals surface area contributed by atoms with Crippen LogP contribution < -0.4 is 10.6 Å². The Morgan fingerprint density at radius 3 is 2.94 bits per heavy atom. The average Bonchev–Trinajstić information content (AvgIpc) is 2.59. The van der Waals surface area contributed by atoms with Crippen LogP contribution in [-0.2, 0) is 9.59 Å². The van der Waals surface area contributed by atoms with E-state index in [-0.39, 0.29) is 16.3 Å². The Hall–Kier alpha value is -1.56. The molecule has 17 heavy (non-hydrogen) atoms. The summed E-state index contributed by atoms with van der Waals surface area (Å²) < 4.78 is 0. The minimum atomic E-state index is 0.0234. The van der Waals surface area contributed by atoms with Crippen molar-refractivity contribution in [2.75, 3.05) is 17.2 Å². The topological polar surface area (TPSA) is 76.3 Å². The summed E-state index contributed by atoms with van der Waals surface area (Å²) >= 11 is 1.22. The fraction of sp³-hybridized carbons (Fsp3) is 0.364. The first-order chi connectivity index (χ1) is 8.06. The van der Waals surface area contributed by atoms with E-state index in [9.17, 15) is 9.59 Å². The summed E-state index contributed by atoms with van der Waals surface area (Å²) in [6.07, 6.45) is 1.97. The number of amides is 1. The van der Waals surface area contributed by atoms with Gasteiger partial charge in [-0.05, 0) is 12.1 Å². The second-order valence-corrected chi connectivity index (χ2v) is 5.36. The lowest BCUT2D eigenvalue weighted by Crippen LogP contribution is -2.25. The Morgan fingerprint density at radius 2 is 2.35 bits per heavy atom. The third-order valence-corrected chi connectivity index (χ3v) is 3.49. The van der Waals surface area contributed by atoms with Crippen LogP contribution in [0, 0.1) is 0 Å². The van der Waals surface area contributed by atoms with Crippen molar-refractivity contribution in [3.8, 4) is 0 Å². The zero-order valence-corrected chi connectivity index (χ0v) is 10.2. The zero-order valence-electron chi connectivity index (χ0n) is 9.42. The third-order valence-electron chi connectivity index (χ3n) is 2.50. The van der Waals surface area contributed by atoms with Crippen molar-refractivity contribution >= 4 is 34.3 Å². The van der Waals surface area contributed by atoms with E-state index in [4.69, 9.17) is 5.73 Å². The Kier molecular flexibility index (Phi) is 3.33. The van der Waals surface area contributed by atoms with Crippen LogP contribution in [0.1, 0.15) is 13.3 Å². The van der Waals surface area contributed by atoms with Gasteiger partial charge in [-0.25, -0.2) is 4.98 Å². The second-order valence-electron chi connectivity index (χ2n) is 3.88. The van der Waals surface area contributed by atoms with Crippen LogP contribution in [-0.4, -0.2) is 27.8 Å². The summed E-state index contributed by atoms with van der Waals surface area (Å²) in [5.74, 6) is 0.449. The van der Waals surface area contributed by atoms with Gasteiger partial charge in [-0.15, -0.1) is 0 Å². The molecule has 1 unspecified atom stereocenters. The van der Waals surface area contributed by atoms with E-state index in [1.165, 1.54) is 18.7 Å². The summed E-state index contributed by atoms with van der Waals surface area (Å²) in [5, 5.41) is 0.0811. The molecule has 0 aromatic carbocycles. The zero-order chi connectivity index (χ0) is 12.4. The standard InChI is InChI=1S/C11H13N3O2S/c1-7(15)17-9-4-11(16)14(6-9)8-2-3-10(12)13-5-8/h2-3,5,9H,4,6H2,1H3,(H2,12,13). The second kappa shape index (κ2) is 4.75. The number of rotatable bonds is 2. The van der Waals surface area contributed by atoms with Crippen molar-refractivity contribution in [2.24, 2.45) is 0 Å². The van der Waals surface area contributed by atoms with Gasteiger partial charge in [0.2, 0.25) is 5.91 Å². The maximum atomic E-state index is 11.8. The molecule has 1 saturated heterocycles. The van der Waals surface area contributed by atoms with E-state index in [2.05, 4.69) is 4.98 Å². The highest BCUT2D eigenvalue weighted by atomic mass is 32.2. The monoisotopic (exact) mass is 251 g/mol. The Morgan fingerprint density at radius 1 is 1.59 bits per heavy atom. The summed E-state index contributed by atoms with van der Waals surface area (Å²) in [4.78, 5) is 28.4. The van der Waals surface area contributed by atoms with Crippen molar-refractivity contribution in [2.45, 2.75) is 18.6 Å². The number of pyridine rings is 1. The number of nitrogens with zero attached hydrogens (tertiary/aromatic N) is 2. The molecule has 1 amide bonds. The molecule has 0 saturated carbocycles. The molecule has 1 aliphatic rings. The molecule has 0 spiro atoms. The van der Waals surface area contributed by atoms with Gasteiger partial charge in [-0.2, -0.15) is 0 Å². The lowest BCUT2D eigenvalue weighted by molar-refractivity contribution is -0.117. The van der Waals surface area contributed by atoms with Crippen LogP contribution in [0.4, 0.5) is 11.5 Å². The van der Waals surface area contributed by atoms with E-state index in [0.29, 0.717) is 18.8 Å². The maximum absolute atomic E-state index is 11.8. The number of hydrogen-bond donors (Lipinski definition) is 1. The van der Waals surface area contributed by atoms with Gasteiger partial charge in [-0.1, -0.05) is 11.8 Å². The van der Waals surface area contributed by atoms with Crippen LogP contribution in [0.15, 0.2) is 18.3 Å². The lowest BCUT2D eigenvalue weighted by Gasteiger charge is -2.15. The molecular weight excluding hydrogens is 238 g/mol. The molecule has 1 aromatic rings. The van der Waals surface area contributed by atoms with Crippen molar-refractivity contribution < 1.29 is 9.59 Å². The molecule has 5 nitrogen and oxygen atoms in total. The summed E-state index contributed by atoms with van der Waals surface area (Å²) in [5.41, 5.74) is 6.22. The smallest absolute Gasteiger partial charge is 0.228 e. The first-order valence-corrected chi connectivity index (χ1v) is 6.13. The van der Waals surface area contributed by atoms with E-state index in [1.54, 1.807) is 23.2 Å². The van der Waals surface area contributed by atoms with Crippen molar-refractivity contribution in [1.29, 1.82) is 0 Å². The van der Waals surface area contributed by atoms with Gasteiger partial charge in [-0.3, -0.25) is 9.59 Å². The highest BCUT2D eigenvalue weighted by Crippen LogP contribution is 2.28. The summed E-state index contributed by atoms with van der Waals surface area (Å²) in [7, 11) is 0. The molecule has 1 aromatic heterocycles. The van der Waals surface area contributed by atoms with Gasteiger partial charge in [0.05, 0.1) is 11.9 Å². The molecule has 1 atom stereocenters. The number of carbonyl (C=O) groups is 2. The van der Waals surface area contributed by atoms with Crippen LogP contribution >= 0.6 is 11.8 Å². The van der Waals surface area contributed by atoms with E-state index in [1.807, 2.05) is 0 Å². The molecule has 1 fully saturated rings. The number of anilines is 2. The SMILES string of the molecule is CC(=O)SC1CC(=O)N(c2ccc(N)nc2)C1. The predicted octanol–water partition coefficient (Wildman–Crippen LogP) is 1.05. The molecule has 2 rings (SSSR count). The third kappa shape index (κ3) is 2.76. The number of aromatic nitrogens is 1. The summed E-state index contributed by atoms with van der Waals surface area (Å²) in [6.45, 7) is 2.07. The maximum Gasteiger partial charge on any atom is 0.228 e. The van der Waals surface area contributed by atoms with Crippen LogP contribution in [0.25, 0.3) is 0 Å². The molecule has 0 radical (unpaired) electrons. The Labute approximate surface area is 103 Å². The highest BCUT2D eigenvalue weighted by molar-refractivity contribution is 8.14. The largest absolute Gasteiger partial charge is 0.384 e. The lowest BCUT2D eigenvalue weighted by atomic mass is 10.3. The number of hydrogen-bond acceptors (Lipinski definition) is 5. The van der Waals surface area contributed by atoms with Crippen LogP contribution in [0.5, 0.6) is 0 Å². The van der Waals surface area contributed by atoms with Gasteiger partial charge in [0, 0.05) is 25.1 Å². The molecule has 90 valence electrons. The van der Waals surface area contributed by atoms with Gasteiger partial charge < -0.3 is 10.6 Å². The molecule has 2 N–H and O–H groups in total. The van der Waals surface area contributed by atoms with Gasteiger partial charge in [0.25, 0.3) is 0 Å². The fourth-order valence-electron chi connectivity index (χ4n) is 1.80. The first kappa shape index (κ1) is 11.9. The number of nitrogens with two attached hydrogens (primary N) is 1. The Bertz CT molecular complexity index is 447. The molecule has 1 aliphatic heterocycles. The molecule has 0 bridgehead atoms. The average molecular weight is 251 g/mol. The van der Waals surface area contributed by atoms with E-state index >= 15 is 0 Å². The Balaban J connectivity index is 2.10. The van der Waals surface area contributed by atoms with Crippen LogP contribution in [0.2, 0.25) is 0 Å². The van der Waals surface area contributed by atoms with Gasteiger partial charge in [0.1, 0.15) is 5.82 Å². The minimum absolute atomic E-state index is 0.0234. The normalized spacial score (nSPS) is 19.7. The molecule has 0 aliphatic carbocycles. The van der Waals surface area contributed by atoms with Crippen molar-refractivity contribution in [3.05, 3.63) is 18.3 Å². The fourth-order valence-corrected chi connectivity index (χ4v) is 2.71. The highest BCUT2D eigenvalue weighted by Gasteiger charge is 2.31. The first-order valence-electron chi connectivity index (χ1n) is 5.25.